The third-order valence-corrected chi connectivity index (χ3v) is 1.89. The van der Waals surface area contributed by atoms with E-state index in [4.69, 9.17) is 16.7 Å². The van der Waals surface area contributed by atoms with Gasteiger partial charge in [-0.2, -0.15) is 0 Å². The fourth-order valence-electron chi connectivity index (χ4n) is 0.859. The minimum Gasteiger partial charge on any atom is -0.475 e. The maximum absolute atomic E-state index is 12.9. The van der Waals surface area contributed by atoms with Gasteiger partial charge in [0.15, 0.2) is 0 Å². The van der Waals surface area contributed by atoms with Crippen molar-refractivity contribution in [3.05, 3.63) is 40.7 Å². The van der Waals surface area contributed by atoms with Crippen LogP contribution in [0.5, 0.6) is 0 Å². The first-order valence-corrected chi connectivity index (χ1v) is 4.29. The molecule has 0 unspecified atom stereocenters. The van der Waals surface area contributed by atoms with E-state index in [1.807, 2.05) is 0 Å². The van der Waals surface area contributed by atoms with Crippen molar-refractivity contribution in [2.75, 3.05) is 0 Å². The van der Waals surface area contributed by atoms with Gasteiger partial charge in [0, 0.05) is 0 Å². The molecule has 0 aliphatic carbocycles. The van der Waals surface area contributed by atoms with Gasteiger partial charge < -0.3 is 5.11 Å². The van der Waals surface area contributed by atoms with Crippen molar-refractivity contribution in [1.29, 1.82) is 0 Å². The second-order valence-electron chi connectivity index (χ2n) is 2.68. The topological polar surface area (TPSA) is 54.4 Å². The summed E-state index contributed by atoms with van der Waals surface area (Å²) in [6.07, 6.45) is 2.06. The first-order valence-electron chi connectivity index (χ1n) is 3.91. The van der Waals surface area contributed by atoms with Crippen molar-refractivity contribution >= 4 is 29.4 Å². The van der Waals surface area contributed by atoms with Gasteiger partial charge in [0.25, 0.3) is 5.78 Å². The van der Waals surface area contributed by atoms with Gasteiger partial charge in [-0.25, -0.2) is 9.18 Å². The molecule has 0 fully saturated rings. The van der Waals surface area contributed by atoms with Crippen LogP contribution >= 0.6 is 11.6 Å². The van der Waals surface area contributed by atoms with Gasteiger partial charge in [0.1, 0.15) is 5.82 Å². The van der Waals surface area contributed by atoms with E-state index in [1.54, 1.807) is 0 Å². The van der Waals surface area contributed by atoms with Gasteiger partial charge in [-0.1, -0.05) is 23.7 Å². The van der Waals surface area contributed by atoms with E-state index in [0.717, 1.165) is 12.1 Å². The molecule has 0 amide bonds. The van der Waals surface area contributed by atoms with Crippen LogP contribution in [0.3, 0.4) is 0 Å². The highest BCUT2D eigenvalue weighted by atomic mass is 35.5. The molecule has 15 heavy (non-hydrogen) atoms. The molecule has 0 aromatic heterocycles. The number of carbonyl (C=O) groups excluding carboxylic acids is 1. The Morgan fingerprint density at radius 1 is 1.40 bits per heavy atom. The predicted octanol–water partition coefficient (Wildman–Crippen LogP) is 2.15. The number of hydrogen-bond donors (Lipinski definition) is 1. The largest absolute Gasteiger partial charge is 0.475 e. The molecule has 0 saturated heterocycles. The van der Waals surface area contributed by atoms with E-state index >= 15 is 0 Å². The Hall–Kier alpha value is -1.68. The number of hydrogen-bond acceptors (Lipinski definition) is 2. The molecule has 1 aromatic rings. The maximum atomic E-state index is 12.9. The molecule has 1 aromatic carbocycles. The summed E-state index contributed by atoms with van der Waals surface area (Å²) in [5.74, 6) is -3.24. The molecule has 0 radical (unpaired) electrons. The lowest BCUT2D eigenvalue weighted by atomic mass is 10.2. The molecule has 78 valence electrons. The SMILES string of the molecule is O=C(O)C(=O)/C=C/c1ccc(Cl)c(F)c1. The molecule has 1 N–H and O–H groups in total. The smallest absolute Gasteiger partial charge is 0.376 e. The zero-order valence-electron chi connectivity index (χ0n) is 7.41. The fourth-order valence-corrected chi connectivity index (χ4v) is 0.977. The third-order valence-electron chi connectivity index (χ3n) is 1.58. The molecule has 3 nitrogen and oxygen atoms in total. The lowest BCUT2D eigenvalue weighted by Crippen LogP contribution is -2.08. The summed E-state index contributed by atoms with van der Waals surface area (Å²) in [7, 11) is 0. The number of carbonyl (C=O) groups is 2. The molecule has 0 aliphatic heterocycles. The Kier molecular flexibility index (Phi) is 3.57. The average molecular weight is 229 g/mol. The van der Waals surface area contributed by atoms with E-state index in [-0.39, 0.29) is 5.02 Å². The Bertz CT molecular complexity index is 440. The van der Waals surface area contributed by atoms with E-state index in [1.165, 1.54) is 18.2 Å². The maximum Gasteiger partial charge on any atom is 0.376 e. The quantitative estimate of drug-likeness (QED) is 0.637. The summed E-state index contributed by atoms with van der Waals surface area (Å²) < 4.78 is 12.9. The van der Waals surface area contributed by atoms with Gasteiger partial charge in [0.2, 0.25) is 0 Å². The van der Waals surface area contributed by atoms with Gasteiger partial charge in [-0.3, -0.25) is 4.79 Å². The lowest BCUT2D eigenvalue weighted by Gasteiger charge is -1.95. The van der Waals surface area contributed by atoms with Crippen LogP contribution in [0.2, 0.25) is 5.02 Å². The minimum absolute atomic E-state index is 0.0308. The number of carboxylic acids is 1. The third kappa shape index (κ3) is 3.18. The summed E-state index contributed by atoms with van der Waals surface area (Å²) in [6.45, 7) is 0. The predicted molar refractivity (Wildman–Crippen MR) is 53.1 cm³/mol. The van der Waals surface area contributed by atoms with Crippen molar-refractivity contribution in [2.45, 2.75) is 0 Å². The van der Waals surface area contributed by atoms with Gasteiger partial charge in [-0.15, -0.1) is 0 Å². The van der Waals surface area contributed by atoms with Crippen molar-refractivity contribution in [2.24, 2.45) is 0 Å². The van der Waals surface area contributed by atoms with E-state index < -0.39 is 17.6 Å². The van der Waals surface area contributed by atoms with Gasteiger partial charge >= 0.3 is 5.97 Å². The molecular formula is C10H6ClFO3. The monoisotopic (exact) mass is 228 g/mol. The van der Waals surface area contributed by atoms with Crippen LogP contribution in [0.15, 0.2) is 24.3 Å². The normalized spacial score (nSPS) is 10.5. The van der Waals surface area contributed by atoms with Crippen LogP contribution in [0, 0.1) is 5.82 Å². The molecule has 0 bridgehead atoms. The van der Waals surface area contributed by atoms with Crippen LogP contribution in [0.4, 0.5) is 4.39 Å². The second kappa shape index (κ2) is 4.70. The number of carboxylic acid groups (broad SMARTS) is 1. The first-order chi connectivity index (χ1) is 7.00. The van der Waals surface area contributed by atoms with E-state index in [2.05, 4.69) is 0 Å². The zero-order chi connectivity index (χ0) is 11.4. The van der Waals surface area contributed by atoms with E-state index in [9.17, 15) is 14.0 Å². The number of aliphatic carboxylic acids is 1. The summed E-state index contributed by atoms with van der Waals surface area (Å²) in [5, 5.41) is 8.23. The second-order valence-corrected chi connectivity index (χ2v) is 3.08. The first kappa shape index (κ1) is 11.4. The standard InChI is InChI=1S/C10H6ClFO3/c11-7-3-1-6(5-8(7)12)2-4-9(13)10(14)15/h1-5H,(H,14,15)/b4-2+. The highest BCUT2D eigenvalue weighted by Crippen LogP contribution is 2.16. The van der Waals surface area contributed by atoms with Crippen molar-refractivity contribution in [1.82, 2.24) is 0 Å². The summed E-state index contributed by atoms with van der Waals surface area (Å²) in [4.78, 5) is 20.8. The van der Waals surface area contributed by atoms with Crippen LogP contribution in [-0.4, -0.2) is 16.9 Å². The van der Waals surface area contributed by atoms with Crippen LogP contribution < -0.4 is 0 Å². The Morgan fingerprint density at radius 3 is 2.60 bits per heavy atom. The summed E-state index contributed by atoms with van der Waals surface area (Å²) >= 11 is 5.43. The van der Waals surface area contributed by atoms with Gasteiger partial charge in [-0.05, 0) is 23.8 Å². The molecule has 0 heterocycles. The molecule has 0 aliphatic rings. The van der Waals surface area contributed by atoms with E-state index in [0.29, 0.717) is 5.56 Å². The molecule has 0 atom stereocenters. The van der Waals surface area contributed by atoms with Crippen LogP contribution in [0.1, 0.15) is 5.56 Å². The van der Waals surface area contributed by atoms with Crippen molar-refractivity contribution in [3.63, 3.8) is 0 Å². The fraction of sp³-hybridized carbons (Fsp3) is 0. The number of benzene rings is 1. The number of halogens is 2. The Morgan fingerprint density at radius 2 is 2.07 bits per heavy atom. The van der Waals surface area contributed by atoms with Crippen molar-refractivity contribution in [3.8, 4) is 0 Å². The summed E-state index contributed by atoms with van der Waals surface area (Å²) in [6, 6.07) is 3.90. The zero-order valence-corrected chi connectivity index (χ0v) is 8.16. The van der Waals surface area contributed by atoms with Crippen molar-refractivity contribution < 1.29 is 19.1 Å². The number of rotatable bonds is 3. The molecule has 5 heteroatoms. The highest BCUT2D eigenvalue weighted by molar-refractivity contribution is 6.38. The molecule has 0 saturated carbocycles. The number of ketones is 1. The van der Waals surface area contributed by atoms with Crippen LogP contribution in [0.25, 0.3) is 6.08 Å². The lowest BCUT2D eigenvalue weighted by molar-refractivity contribution is -0.146. The Labute approximate surface area is 89.8 Å². The highest BCUT2D eigenvalue weighted by Gasteiger charge is 2.05. The molecule has 0 spiro atoms. The molecular weight excluding hydrogens is 223 g/mol. The van der Waals surface area contributed by atoms with Crippen LogP contribution in [-0.2, 0) is 9.59 Å². The Balaban J connectivity index is 2.86. The minimum atomic E-state index is -1.55. The summed E-state index contributed by atoms with van der Waals surface area (Å²) in [5.41, 5.74) is 0.367. The van der Waals surface area contributed by atoms with Gasteiger partial charge in [0.05, 0.1) is 5.02 Å². The molecule has 1 rings (SSSR count). The average Bonchev–Trinajstić information content (AvgIpc) is 2.19.